The summed E-state index contributed by atoms with van der Waals surface area (Å²) in [5.41, 5.74) is 2.44. The molecule has 1 N–H and O–H groups in total. The summed E-state index contributed by atoms with van der Waals surface area (Å²) < 4.78 is 5.66. The van der Waals surface area contributed by atoms with Crippen molar-refractivity contribution in [3.8, 4) is 5.75 Å². The number of benzene rings is 2. The molecule has 0 unspecified atom stereocenters. The fourth-order valence-electron chi connectivity index (χ4n) is 2.47. The molecule has 0 aliphatic carbocycles. The highest BCUT2D eigenvalue weighted by Gasteiger charge is 2.19. The van der Waals surface area contributed by atoms with Crippen LogP contribution in [0.5, 0.6) is 5.75 Å². The number of nitrogens with one attached hydrogen (secondary N) is 1. The van der Waals surface area contributed by atoms with E-state index in [-0.39, 0.29) is 17.4 Å². The van der Waals surface area contributed by atoms with E-state index >= 15 is 0 Å². The molecular weight excluding hydrogens is 334 g/mol. The second kappa shape index (κ2) is 7.92. The van der Waals surface area contributed by atoms with Crippen molar-refractivity contribution in [1.82, 2.24) is 5.32 Å². The molecule has 2 aromatic rings. The normalized spacial score (nSPS) is 13.8. The van der Waals surface area contributed by atoms with Crippen LogP contribution in [0.15, 0.2) is 48.5 Å². The Kier molecular flexibility index (Phi) is 6.12. The fraction of sp³-hybridized carbons (Fsp3) is 0.381. The van der Waals surface area contributed by atoms with Gasteiger partial charge in [-0.05, 0) is 42.5 Å². The van der Waals surface area contributed by atoms with E-state index < -0.39 is 6.10 Å². The highest BCUT2D eigenvalue weighted by molar-refractivity contribution is 6.32. The van der Waals surface area contributed by atoms with Crippen LogP contribution in [-0.2, 0) is 10.2 Å². The monoisotopic (exact) mass is 359 g/mol. The van der Waals surface area contributed by atoms with E-state index in [1.165, 1.54) is 5.56 Å². The van der Waals surface area contributed by atoms with Crippen LogP contribution in [0.25, 0.3) is 0 Å². The SMILES string of the molecule is C[C@@H](Oc1ccccc1Cl)C(=O)N[C@H](C)c1ccc(C(C)(C)C)cc1. The summed E-state index contributed by atoms with van der Waals surface area (Å²) in [7, 11) is 0. The molecule has 2 rings (SSSR count). The molecule has 0 aliphatic heterocycles. The van der Waals surface area contributed by atoms with Crippen molar-refractivity contribution in [2.75, 3.05) is 0 Å². The predicted octanol–water partition coefficient (Wildman–Crippen LogP) is 5.28. The van der Waals surface area contributed by atoms with Crippen molar-refractivity contribution in [1.29, 1.82) is 0 Å². The lowest BCUT2D eigenvalue weighted by Gasteiger charge is -2.22. The Morgan fingerprint density at radius 2 is 1.64 bits per heavy atom. The quantitative estimate of drug-likeness (QED) is 0.788. The van der Waals surface area contributed by atoms with Gasteiger partial charge >= 0.3 is 0 Å². The number of halogens is 1. The molecule has 0 bridgehead atoms. The Morgan fingerprint density at radius 1 is 1.04 bits per heavy atom. The lowest BCUT2D eigenvalue weighted by Crippen LogP contribution is -2.37. The molecule has 1 amide bonds. The van der Waals surface area contributed by atoms with E-state index in [0.29, 0.717) is 10.8 Å². The third kappa shape index (κ3) is 5.23. The molecule has 0 saturated carbocycles. The fourth-order valence-corrected chi connectivity index (χ4v) is 2.65. The Labute approximate surface area is 155 Å². The number of hydrogen-bond donors (Lipinski definition) is 1. The van der Waals surface area contributed by atoms with Gasteiger partial charge in [0.2, 0.25) is 0 Å². The predicted molar refractivity (Wildman–Crippen MR) is 103 cm³/mol. The summed E-state index contributed by atoms with van der Waals surface area (Å²) in [6.45, 7) is 10.2. The Morgan fingerprint density at radius 3 is 2.20 bits per heavy atom. The van der Waals surface area contributed by atoms with Gasteiger partial charge in [-0.15, -0.1) is 0 Å². The number of hydrogen-bond acceptors (Lipinski definition) is 2. The second-order valence-corrected chi connectivity index (χ2v) is 7.70. The van der Waals surface area contributed by atoms with Crippen molar-refractivity contribution in [2.24, 2.45) is 0 Å². The summed E-state index contributed by atoms with van der Waals surface area (Å²) in [6.07, 6.45) is -0.629. The topological polar surface area (TPSA) is 38.3 Å². The minimum absolute atomic E-state index is 0.0983. The third-order valence-electron chi connectivity index (χ3n) is 4.15. The van der Waals surface area contributed by atoms with E-state index in [1.54, 1.807) is 19.1 Å². The third-order valence-corrected chi connectivity index (χ3v) is 4.46. The summed E-state index contributed by atoms with van der Waals surface area (Å²) in [4.78, 5) is 12.4. The molecule has 0 aromatic heterocycles. The molecule has 0 fully saturated rings. The summed E-state index contributed by atoms with van der Waals surface area (Å²) in [5, 5.41) is 3.48. The molecule has 134 valence electrons. The van der Waals surface area contributed by atoms with Crippen LogP contribution in [0.4, 0.5) is 0 Å². The van der Waals surface area contributed by atoms with Gasteiger partial charge in [0, 0.05) is 0 Å². The molecular formula is C21H26ClNO2. The Bertz CT molecular complexity index is 719. The van der Waals surface area contributed by atoms with E-state index in [0.717, 1.165) is 5.56 Å². The maximum atomic E-state index is 12.4. The molecule has 4 heteroatoms. The number of carbonyl (C=O) groups is 1. The smallest absolute Gasteiger partial charge is 0.261 e. The van der Waals surface area contributed by atoms with Gasteiger partial charge in [-0.3, -0.25) is 4.79 Å². The van der Waals surface area contributed by atoms with E-state index in [2.05, 4.69) is 50.4 Å². The number of rotatable bonds is 5. The average molecular weight is 360 g/mol. The number of amides is 1. The number of ether oxygens (including phenoxy) is 1. The van der Waals surface area contributed by atoms with Crippen LogP contribution in [0.3, 0.4) is 0 Å². The Balaban J connectivity index is 1.98. The zero-order valence-electron chi connectivity index (χ0n) is 15.5. The van der Waals surface area contributed by atoms with Crippen molar-refractivity contribution in [3.63, 3.8) is 0 Å². The largest absolute Gasteiger partial charge is 0.479 e. The maximum Gasteiger partial charge on any atom is 0.261 e. The molecule has 0 saturated heterocycles. The van der Waals surface area contributed by atoms with E-state index in [9.17, 15) is 4.79 Å². The molecule has 2 atom stereocenters. The summed E-state index contributed by atoms with van der Waals surface area (Å²) >= 11 is 6.07. The lowest BCUT2D eigenvalue weighted by molar-refractivity contribution is -0.127. The number of carbonyl (C=O) groups excluding carboxylic acids is 1. The molecule has 2 aromatic carbocycles. The molecule has 3 nitrogen and oxygen atoms in total. The van der Waals surface area contributed by atoms with Gasteiger partial charge in [0.05, 0.1) is 11.1 Å². The van der Waals surface area contributed by atoms with Crippen molar-refractivity contribution in [3.05, 3.63) is 64.7 Å². The van der Waals surface area contributed by atoms with Crippen molar-refractivity contribution in [2.45, 2.75) is 52.2 Å². The minimum atomic E-state index is -0.629. The van der Waals surface area contributed by atoms with Crippen LogP contribution in [0.2, 0.25) is 5.02 Å². The van der Waals surface area contributed by atoms with Crippen LogP contribution in [0.1, 0.15) is 51.8 Å². The highest BCUT2D eigenvalue weighted by atomic mass is 35.5. The van der Waals surface area contributed by atoms with Gasteiger partial charge < -0.3 is 10.1 Å². The molecule has 25 heavy (non-hydrogen) atoms. The average Bonchev–Trinajstić information content (AvgIpc) is 2.56. The van der Waals surface area contributed by atoms with Gasteiger partial charge in [0.25, 0.3) is 5.91 Å². The van der Waals surface area contributed by atoms with Crippen LogP contribution in [-0.4, -0.2) is 12.0 Å². The van der Waals surface area contributed by atoms with Crippen LogP contribution >= 0.6 is 11.6 Å². The van der Waals surface area contributed by atoms with Gasteiger partial charge in [-0.2, -0.15) is 0 Å². The lowest BCUT2D eigenvalue weighted by atomic mass is 9.86. The minimum Gasteiger partial charge on any atom is -0.479 e. The van der Waals surface area contributed by atoms with Gasteiger partial charge in [-0.1, -0.05) is 68.8 Å². The Hall–Kier alpha value is -2.00. The molecule has 0 heterocycles. The molecule has 0 spiro atoms. The summed E-state index contributed by atoms with van der Waals surface area (Å²) in [6, 6.07) is 15.4. The van der Waals surface area contributed by atoms with Gasteiger partial charge in [0.1, 0.15) is 5.75 Å². The summed E-state index contributed by atoms with van der Waals surface area (Å²) in [5.74, 6) is 0.335. The van der Waals surface area contributed by atoms with Crippen LogP contribution < -0.4 is 10.1 Å². The van der Waals surface area contributed by atoms with Crippen molar-refractivity contribution >= 4 is 17.5 Å². The zero-order valence-corrected chi connectivity index (χ0v) is 16.2. The van der Waals surface area contributed by atoms with Gasteiger partial charge in [0.15, 0.2) is 6.10 Å². The van der Waals surface area contributed by atoms with E-state index in [1.807, 2.05) is 19.1 Å². The van der Waals surface area contributed by atoms with Gasteiger partial charge in [-0.25, -0.2) is 0 Å². The maximum absolute atomic E-state index is 12.4. The first-order chi connectivity index (χ1) is 11.7. The zero-order chi connectivity index (χ0) is 18.6. The molecule has 0 aliphatic rings. The first-order valence-corrected chi connectivity index (χ1v) is 8.88. The highest BCUT2D eigenvalue weighted by Crippen LogP contribution is 2.25. The molecule has 0 radical (unpaired) electrons. The van der Waals surface area contributed by atoms with E-state index in [4.69, 9.17) is 16.3 Å². The first kappa shape index (κ1) is 19.3. The standard InChI is InChI=1S/C21H26ClNO2/c1-14(16-10-12-17(13-11-16)21(3,4)5)23-20(24)15(2)25-19-9-7-6-8-18(19)22/h6-15H,1-5H3,(H,23,24)/t14-,15-/m1/s1. The van der Waals surface area contributed by atoms with Crippen molar-refractivity contribution < 1.29 is 9.53 Å². The number of para-hydroxylation sites is 1. The first-order valence-electron chi connectivity index (χ1n) is 8.50. The van der Waals surface area contributed by atoms with Crippen LogP contribution in [0, 0.1) is 0 Å². The second-order valence-electron chi connectivity index (χ2n) is 7.29.